The number of ether oxygens (including phenoxy) is 1. The Balaban J connectivity index is 1.39. The summed E-state index contributed by atoms with van der Waals surface area (Å²) < 4.78 is 5.99. The van der Waals surface area contributed by atoms with Crippen molar-refractivity contribution in [3.8, 4) is 0 Å². The van der Waals surface area contributed by atoms with Gasteiger partial charge in [0.25, 0.3) is 5.91 Å². The maximum absolute atomic E-state index is 12.9. The summed E-state index contributed by atoms with van der Waals surface area (Å²) in [5.41, 5.74) is 3.83. The molecule has 1 saturated heterocycles. The fraction of sp³-hybridized carbons (Fsp3) is 0.526. The van der Waals surface area contributed by atoms with Gasteiger partial charge in [0.1, 0.15) is 0 Å². The molecule has 1 atom stereocenters. The van der Waals surface area contributed by atoms with Crippen molar-refractivity contribution in [1.29, 1.82) is 0 Å². The first-order valence-electron chi connectivity index (χ1n) is 9.18. The number of hydrogen-bond acceptors (Lipinski definition) is 4. The Morgan fingerprint density at radius 2 is 2.20 bits per heavy atom. The fourth-order valence-electron chi connectivity index (χ4n) is 3.75. The zero-order valence-electron chi connectivity index (χ0n) is 14.4. The van der Waals surface area contributed by atoms with Crippen LogP contribution in [0.3, 0.4) is 0 Å². The number of carbonyl (C=O) groups excluding carboxylic acids is 1. The minimum Gasteiger partial charge on any atom is -0.370 e. The van der Waals surface area contributed by atoms with Gasteiger partial charge >= 0.3 is 0 Å². The Morgan fingerprint density at radius 3 is 3.08 bits per heavy atom. The Morgan fingerprint density at radius 1 is 1.28 bits per heavy atom. The van der Waals surface area contributed by atoms with Gasteiger partial charge in [0.2, 0.25) is 0 Å². The molecule has 25 heavy (non-hydrogen) atoms. The molecule has 1 N–H and O–H groups in total. The molecule has 0 unspecified atom stereocenters. The largest absolute Gasteiger partial charge is 0.370 e. The number of aromatic nitrogens is 3. The van der Waals surface area contributed by atoms with E-state index >= 15 is 0 Å². The van der Waals surface area contributed by atoms with Crippen LogP contribution in [0.1, 0.15) is 53.1 Å². The first kappa shape index (κ1) is 16.3. The lowest BCUT2D eigenvalue weighted by atomic mass is 9.95. The van der Waals surface area contributed by atoms with Crippen LogP contribution in [0.5, 0.6) is 0 Å². The molecule has 1 aliphatic heterocycles. The molecule has 0 aromatic carbocycles. The zero-order chi connectivity index (χ0) is 17.1. The van der Waals surface area contributed by atoms with E-state index in [1.807, 2.05) is 23.1 Å². The second-order valence-corrected chi connectivity index (χ2v) is 6.88. The van der Waals surface area contributed by atoms with Crippen molar-refractivity contribution in [2.75, 3.05) is 13.1 Å². The molecule has 2 aromatic rings. The SMILES string of the molecule is O=C(c1n[nH]c2c1CCCC2)N1CCC[C@H](OCc2ccccn2)C1. The number of aromatic amines is 1. The van der Waals surface area contributed by atoms with Crippen molar-refractivity contribution in [3.63, 3.8) is 0 Å². The summed E-state index contributed by atoms with van der Waals surface area (Å²) in [5, 5.41) is 7.39. The highest BCUT2D eigenvalue weighted by atomic mass is 16.5. The molecule has 1 aliphatic carbocycles. The van der Waals surface area contributed by atoms with E-state index in [4.69, 9.17) is 4.74 Å². The van der Waals surface area contributed by atoms with Crippen molar-refractivity contribution in [3.05, 3.63) is 47.0 Å². The van der Waals surface area contributed by atoms with Gasteiger partial charge in [-0.15, -0.1) is 0 Å². The van der Waals surface area contributed by atoms with Crippen LogP contribution < -0.4 is 0 Å². The lowest BCUT2D eigenvalue weighted by Gasteiger charge is -2.32. The van der Waals surface area contributed by atoms with Gasteiger partial charge in [-0.2, -0.15) is 5.10 Å². The Bertz CT molecular complexity index is 728. The molecule has 132 valence electrons. The van der Waals surface area contributed by atoms with Gasteiger partial charge < -0.3 is 9.64 Å². The van der Waals surface area contributed by atoms with Crippen LogP contribution in [0.15, 0.2) is 24.4 Å². The number of nitrogens with one attached hydrogen (secondary N) is 1. The number of carbonyl (C=O) groups is 1. The summed E-state index contributed by atoms with van der Waals surface area (Å²) in [7, 11) is 0. The van der Waals surface area contributed by atoms with E-state index in [-0.39, 0.29) is 12.0 Å². The van der Waals surface area contributed by atoms with Crippen molar-refractivity contribution in [1.82, 2.24) is 20.1 Å². The molecule has 6 heteroatoms. The third kappa shape index (κ3) is 3.58. The van der Waals surface area contributed by atoms with Crippen LogP contribution in [-0.4, -0.2) is 45.2 Å². The second-order valence-electron chi connectivity index (χ2n) is 6.88. The molecular formula is C19H24N4O2. The van der Waals surface area contributed by atoms with E-state index in [1.54, 1.807) is 6.20 Å². The minimum atomic E-state index is 0.0468. The first-order chi connectivity index (χ1) is 12.3. The number of amides is 1. The van der Waals surface area contributed by atoms with Crippen molar-refractivity contribution in [2.45, 2.75) is 51.2 Å². The summed E-state index contributed by atoms with van der Waals surface area (Å²) in [5.74, 6) is 0.0468. The number of piperidine rings is 1. The topological polar surface area (TPSA) is 71.1 Å². The Kier molecular flexibility index (Phi) is 4.78. The number of nitrogens with zero attached hydrogens (tertiary/aromatic N) is 3. The number of pyridine rings is 1. The maximum atomic E-state index is 12.9. The number of rotatable bonds is 4. The standard InChI is InChI=1S/C19H24N4O2/c24-19(18-16-8-1-2-9-17(16)21-22-18)23-11-5-7-15(12-23)25-13-14-6-3-4-10-20-14/h3-4,6,10,15H,1-2,5,7-9,11-13H2,(H,21,22)/t15-/m0/s1. The highest BCUT2D eigenvalue weighted by molar-refractivity contribution is 5.94. The minimum absolute atomic E-state index is 0.0468. The van der Waals surface area contributed by atoms with Crippen molar-refractivity contribution >= 4 is 5.91 Å². The molecule has 4 rings (SSSR count). The molecule has 1 fully saturated rings. The summed E-state index contributed by atoms with van der Waals surface area (Å²) >= 11 is 0. The number of hydrogen-bond donors (Lipinski definition) is 1. The predicted octanol–water partition coefficient (Wildman–Crippen LogP) is 2.50. The molecule has 6 nitrogen and oxygen atoms in total. The highest BCUT2D eigenvalue weighted by Crippen LogP contribution is 2.24. The average Bonchev–Trinajstić information content (AvgIpc) is 3.11. The molecule has 0 saturated carbocycles. The molecule has 1 amide bonds. The van der Waals surface area contributed by atoms with Crippen LogP contribution in [0, 0.1) is 0 Å². The van der Waals surface area contributed by atoms with Gasteiger partial charge in [0.15, 0.2) is 5.69 Å². The molecule has 0 bridgehead atoms. The smallest absolute Gasteiger partial charge is 0.274 e. The number of aryl methyl sites for hydroxylation is 1. The lowest BCUT2D eigenvalue weighted by molar-refractivity contribution is -0.00804. The van der Waals surface area contributed by atoms with Gasteiger partial charge in [-0.3, -0.25) is 14.9 Å². The van der Waals surface area contributed by atoms with E-state index in [9.17, 15) is 4.79 Å². The van der Waals surface area contributed by atoms with Crippen LogP contribution in [0.4, 0.5) is 0 Å². The zero-order valence-corrected chi connectivity index (χ0v) is 14.4. The number of likely N-dealkylation sites (tertiary alicyclic amines) is 1. The second kappa shape index (κ2) is 7.35. The van der Waals surface area contributed by atoms with Crippen molar-refractivity contribution < 1.29 is 9.53 Å². The molecule has 3 heterocycles. The summed E-state index contributed by atoms with van der Waals surface area (Å²) in [6.45, 7) is 1.91. The molecule has 0 radical (unpaired) electrons. The third-order valence-electron chi connectivity index (χ3n) is 5.12. The normalized spacial score (nSPS) is 20.3. The van der Waals surface area contributed by atoms with Crippen LogP contribution in [0.25, 0.3) is 0 Å². The van der Waals surface area contributed by atoms with Gasteiger partial charge in [-0.25, -0.2) is 0 Å². The molecule has 0 spiro atoms. The molecular weight excluding hydrogens is 316 g/mol. The average molecular weight is 340 g/mol. The first-order valence-corrected chi connectivity index (χ1v) is 9.18. The van der Waals surface area contributed by atoms with E-state index in [0.29, 0.717) is 18.8 Å². The van der Waals surface area contributed by atoms with Crippen molar-refractivity contribution in [2.24, 2.45) is 0 Å². The van der Waals surface area contributed by atoms with Gasteiger partial charge in [0, 0.05) is 30.5 Å². The van der Waals surface area contributed by atoms with Crippen LogP contribution >= 0.6 is 0 Å². The predicted molar refractivity (Wildman–Crippen MR) is 93.2 cm³/mol. The number of fused-ring (bicyclic) bond motifs is 1. The van der Waals surface area contributed by atoms with E-state index in [1.165, 1.54) is 6.42 Å². The molecule has 2 aromatic heterocycles. The molecule has 2 aliphatic rings. The Labute approximate surface area is 147 Å². The fourth-order valence-corrected chi connectivity index (χ4v) is 3.75. The van der Waals surface area contributed by atoms with E-state index in [0.717, 1.165) is 55.6 Å². The van der Waals surface area contributed by atoms with Crippen LogP contribution in [0.2, 0.25) is 0 Å². The maximum Gasteiger partial charge on any atom is 0.274 e. The van der Waals surface area contributed by atoms with E-state index in [2.05, 4.69) is 15.2 Å². The van der Waals surface area contributed by atoms with Crippen LogP contribution in [-0.2, 0) is 24.2 Å². The summed E-state index contributed by atoms with van der Waals surface area (Å²) in [6.07, 6.45) is 8.07. The van der Waals surface area contributed by atoms with Gasteiger partial charge in [0.05, 0.1) is 18.4 Å². The lowest BCUT2D eigenvalue weighted by Crippen LogP contribution is -2.43. The number of H-pyrrole nitrogens is 1. The summed E-state index contributed by atoms with van der Waals surface area (Å²) in [4.78, 5) is 19.1. The Hall–Kier alpha value is -2.21. The monoisotopic (exact) mass is 340 g/mol. The summed E-state index contributed by atoms with van der Waals surface area (Å²) in [6, 6.07) is 5.82. The van der Waals surface area contributed by atoms with Gasteiger partial charge in [-0.1, -0.05) is 6.07 Å². The highest BCUT2D eigenvalue weighted by Gasteiger charge is 2.29. The third-order valence-corrected chi connectivity index (χ3v) is 5.12. The van der Waals surface area contributed by atoms with E-state index < -0.39 is 0 Å². The quantitative estimate of drug-likeness (QED) is 0.928. The van der Waals surface area contributed by atoms with Gasteiger partial charge in [-0.05, 0) is 50.7 Å².